The van der Waals surface area contributed by atoms with E-state index in [1.807, 2.05) is 6.92 Å². The maximum atomic E-state index is 11.4. The van der Waals surface area contributed by atoms with Crippen LogP contribution in [-0.4, -0.2) is 35.1 Å². The number of piperidine rings is 1. The highest BCUT2D eigenvalue weighted by atomic mass is 16.4. The number of carboxylic acid groups (broad SMARTS) is 1. The van der Waals surface area contributed by atoms with Gasteiger partial charge in [-0.25, -0.2) is 0 Å². The van der Waals surface area contributed by atoms with Gasteiger partial charge in [0.25, 0.3) is 0 Å². The van der Waals surface area contributed by atoms with Gasteiger partial charge >= 0.3 is 5.97 Å². The molecule has 3 nitrogen and oxygen atoms in total. The molecule has 0 aromatic carbocycles. The SMILES string of the molecule is CCC(C1CC1)N1CCC(CC)(C(=O)O)CC1. The molecule has 1 saturated carbocycles. The van der Waals surface area contributed by atoms with Crippen LogP contribution in [0.2, 0.25) is 0 Å². The molecule has 1 unspecified atom stereocenters. The summed E-state index contributed by atoms with van der Waals surface area (Å²) in [5, 5.41) is 9.37. The Labute approximate surface area is 104 Å². The standard InChI is InChI=1S/C14H25NO2/c1-3-12(11-5-6-11)15-9-7-14(4-2,8-10-15)13(16)17/h11-12H,3-10H2,1-2H3,(H,16,17). The van der Waals surface area contributed by atoms with E-state index in [2.05, 4.69) is 11.8 Å². The fourth-order valence-corrected chi connectivity index (χ4v) is 3.37. The fraction of sp³-hybridized carbons (Fsp3) is 0.929. The maximum absolute atomic E-state index is 11.4. The van der Waals surface area contributed by atoms with Crippen LogP contribution in [0.3, 0.4) is 0 Å². The zero-order chi connectivity index (χ0) is 12.5. The summed E-state index contributed by atoms with van der Waals surface area (Å²) < 4.78 is 0. The van der Waals surface area contributed by atoms with Crippen molar-refractivity contribution in [1.82, 2.24) is 4.90 Å². The van der Waals surface area contributed by atoms with Gasteiger partial charge in [-0.2, -0.15) is 0 Å². The molecular weight excluding hydrogens is 214 g/mol. The third kappa shape index (κ3) is 2.49. The van der Waals surface area contributed by atoms with E-state index in [0.717, 1.165) is 44.3 Å². The minimum Gasteiger partial charge on any atom is -0.481 e. The molecule has 0 aromatic rings. The zero-order valence-electron chi connectivity index (χ0n) is 11.1. The van der Waals surface area contributed by atoms with Crippen molar-refractivity contribution in [2.45, 2.75) is 58.4 Å². The summed E-state index contributed by atoms with van der Waals surface area (Å²) in [5.41, 5.74) is -0.432. The van der Waals surface area contributed by atoms with E-state index < -0.39 is 11.4 Å². The van der Waals surface area contributed by atoms with Crippen molar-refractivity contribution < 1.29 is 9.90 Å². The molecule has 1 atom stereocenters. The average molecular weight is 239 g/mol. The van der Waals surface area contributed by atoms with Gasteiger partial charge in [-0.05, 0) is 57.5 Å². The van der Waals surface area contributed by atoms with Crippen molar-refractivity contribution in [2.24, 2.45) is 11.3 Å². The fourth-order valence-electron chi connectivity index (χ4n) is 3.37. The van der Waals surface area contributed by atoms with Gasteiger partial charge in [0.15, 0.2) is 0 Å². The van der Waals surface area contributed by atoms with Crippen LogP contribution >= 0.6 is 0 Å². The third-order valence-electron chi connectivity index (χ3n) is 4.94. The van der Waals surface area contributed by atoms with Crippen molar-refractivity contribution in [3.63, 3.8) is 0 Å². The molecule has 1 N–H and O–H groups in total. The minimum absolute atomic E-state index is 0.432. The van der Waals surface area contributed by atoms with Crippen molar-refractivity contribution in [3.05, 3.63) is 0 Å². The Kier molecular flexibility index (Phi) is 3.76. The summed E-state index contributed by atoms with van der Waals surface area (Å²) in [4.78, 5) is 13.9. The summed E-state index contributed by atoms with van der Waals surface area (Å²) in [6, 6.07) is 0.721. The number of likely N-dealkylation sites (tertiary alicyclic amines) is 1. The Morgan fingerprint density at radius 1 is 1.35 bits per heavy atom. The number of rotatable bonds is 5. The molecule has 98 valence electrons. The second kappa shape index (κ2) is 4.97. The van der Waals surface area contributed by atoms with Crippen LogP contribution in [0.5, 0.6) is 0 Å². The number of hydrogen-bond donors (Lipinski definition) is 1. The summed E-state index contributed by atoms with van der Waals surface area (Å²) in [5.74, 6) is 0.318. The monoisotopic (exact) mass is 239 g/mol. The van der Waals surface area contributed by atoms with E-state index in [1.54, 1.807) is 0 Å². The predicted molar refractivity (Wildman–Crippen MR) is 68.0 cm³/mol. The second-order valence-electron chi connectivity index (χ2n) is 5.79. The topological polar surface area (TPSA) is 40.5 Å². The smallest absolute Gasteiger partial charge is 0.309 e. The first-order valence-corrected chi connectivity index (χ1v) is 7.10. The third-order valence-corrected chi connectivity index (χ3v) is 4.94. The van der Waals surface area contributed by atoms with E-state index in [-0.39, 0.29) is 0 Å². The van der Waals surface area contributed by atoms with Gasteiger partial charge in [0, 0.05) is 6.04 Å². The number of carbonyl (C=O) groups is 1. The highest BCUT2D eigenvalue weighted by Gasteiger charge is 2.43. The number of carboxylic acids is 1. The number of nitrogens with zero attached hydrogens (tertiary/aromatic N) is 1. The van der Waals surface area contributed by atoms with Crippen LogP contribution in [0.4, 0.5) is 0 Å². The largest absolute Gasteiger partial charge is 0.481 e. The Morgan fingerprint density at radius 3 is 2.29 bits per heavy atom. The first kappa shape index (κ1) is 12.9. The highest BCUT2D eigenvalue weighted by molar-refractivity contribution is 5.74. The van der Waals surface area contributed by atoms with Crippen LogP contribution in [0.1, 0.15) is 52.4 Å². The van der Waals surface area contributed by atoms with Gasteiger partial charge in [-0.3, -0.25) is 4.79 Å². The predicted octanol–water partition coefficient (Wildman–Crippen LogP) is 2.75. The van der Waals surface area contributed by atoms with Crippen LogP contribution in [-0.2, 0) is 4.79 Å². The second-order valence-corrected chi connectivity index (χ2v) is 5.79. The van der Waals surface area contributed by atoms with Gasteiger partial charge < -0.3 is 10.0 Å². The Hall–Kier alpha value is -0.570. The Bertz CT molecular complexity index is 278. The lowest BCUT2D eigenvalue weighted by atomic mass is 9.76. The zero-order valence-corrected chi connectivity index (χ0v) is 11.1. The van der Waals surface area contributed by atoms with Crippen LogP contribution in [0.15, 0.2) is 0 Å². The highest BCUT2D eigenvalue weighted by Crippen LogP contribution is 2.41. The molecule has 0 spiro atoms. The average Bonchev–Trinajstić information content (AvgIpc) is 3.15. The first-order chi connectivity index (χ1) is 8.13. The van der Waals surface area contributed by atoms with E-state index >= 15 is 0 Å². The van der Waals surface area contributed by atoms with Crippen LogP contribution in [0.25, 0.3) is 0 Å². The summed E-state index contributed by atoms with van der Waals surface area (Å²) in [6.07, 6.45) is 6.43. The van der Waals surface area contributed by atoms with Crippen molar-refractivity contribution in [2.75, 3.05) is 13.1 Å². The van der Waals surface area contributed by atoms with Crippen molar-refractivity contribution in [1.29, 1.82) is 0 Å². The molecule has 1 saturated heterocycles. The quantitative estimate of drug-likeness (QED) is 0.802. The van der Waals surface area contributed by atoms with E-state index in [4.69, 9.17) is 0 Å². The molecule has 2 rings (SSSR count). The molecule has 3 heteroatoms. The Balaban J connectivity index is 1.94. The molecule has 0 bridgehead atoms. The van der Waals surface area contributed by atoms with E-state index in [9.17, 15) is 9.90 Å². The Morgan fingerprint density at radius 2 is 1.94 bits per heavy atom. The lowest BCUT2D eigenvalue weighted by Gasteiger charge is -2.42. The summed E-state index contributed by atoms with van der Waals surface area (Å²) in [7, 11) is 0. The number of hydrogen-bond acceptors (Lipinski definition) is 2. The van der Waals surface area contributed by atoms with Crippen molar-refractivity contribution in [3.8, 4) is 0 Å². The normalized spacial score (nSPS) is 26.7. The molecule has 17 heavy (non-hydrogen) atoms. The molecule has 1 heterocycles. The van der Waals surface area contributed by atoms with Gasteiger partial charge in [0.2, 0.25) is 0 Å². The first-order valence-electron chi connectivity index (χ1n) is 7.10. The molecule has 1 aliphatic heterocycles. The van der Waals surface area contributed by atoms with Crippen LogP contribution < -0.4 is 0 Å². The molecule has 0 aromatic heterocycles. The van der Waals surface area contributed by atoms with E-state index in [0.29, 0.717) is 0 Å². The van der Waals surface area contributed by atoms with Gasteiger partial charge in [0.1, 0.15) is 0 Å². The summed E-state index contributed by atoms with van der Waals surface area (Å²) >= 11 is 0. The number of aliphatic carboxylic acids is 1. The minimum atomic E-state index is -0.584. The van der Waals surface area contributed by atoms with Gasteiger partial charge in [-0.1, -0.05) is 13.8 Å². The summed E-state index contributed by atoms with van der Waals surface area (Å²) in [6.45, 7) is 6.24. The maximum Gasteiger partial charge on any atom is 0.309 e. The molecule has 2 fully saturated rings. The van der Waals surface area contributed by atoms with Crippen molar-refractivity contribution >= 4 is 5.97 Å². The molecule has 1 aliphatic carbocycles. The molecule has 0 radical (unpaired) electrons. The van der Waals surface area contributed by atoms with Crippen LogP contribution in [0, 0.1) is 11.3 Å². The van der Waals surface area contributed by atoms with Gasteiger partial charge in [0.05, 0.1) is 5.41 Å². The lowest BCUT2D eigenvalue weighted by Crippen LogP contribution is -2.48. The molecule has 0 amide bonds. The molecular formula is C14H25NO2. The lowest BCUT2D eigenvalue weighted by molar-refractivity contribution is -0.152. The molecule has 2 aliphatic rings. The van der Waals surface area contributed by atoms with E-state index in [1.165, 1.54) is 19.3 Å². The van der Waals surface area contributed by atoms with Gasteiger partial charge in [-0.15, -0.1) is 0 Å².